The van der Waals surface area contributed by atoms with Crippen molar-refractivity contribution in [1.29, 1.82) is 0 Å². The summed E-state index contributed by atoms with van der Waals surface area (Å²) >= 11 is 7.09. The van der Waals surface area contributed by atoms with E-state index in [4.69, 9.17) is 16.4 Å². The Morgan fingerprint density at radius 3 is 2.86 bits per heavy atom. The van der Waals surface area contributed by atoms with Gasteiger partial charge in [0.15, 0.2) is 10.9 Å². The molecule has 0 spiro atoms. The summed E-state index contributed by atoms with van der Waals surface area (Å²) in [5.41, 5.74) is 3.58. The van der Waals surface area contributed by atoms with E-state index in [-0.39, 0.29) is 5.78 Å². The molecule has 0 aliphatic carbocycles. The summed E-state index contributed by atoms with van der Waals surface area (Å²) < 4.78 is 0. The zero-order chi connectivity index (χ0) is 15.1. The number of ketones is 1. The summed E-state index contributed by atoms with van der Waals surface area (Å²) in [6.07, 6.45) is 4.39. The Labute approximate surface area is 131 Å². The molecular formula is C14H14ClN3O2S. The fraction of sp³-hybridized carbons (Fsp3) is 0.143. The molecule has 0 bridgehead atoms. The summed E-state index contributed by atoms with van der Waals surface area (Å²) in [5.74, 6) is -0.128. The van der Waals surface area contributed by atoms with Gasteiger partial charge in [-0.1, -0.05) is 35.1 Å². The van der Waals surface area contributed by atoms with Crippen molar-refractivity contribution < 1.29 is 9.63 Å². The van der Waals surface area contributed by atoms with Crippen LogP contribution in [0.2, 0.25) is 5.02 Å². The molecule has 5 nitrogen and oxygen atoms in total. The van der Waals surface area contributed by atoms with Crippen LogP contribution in [-0.2, 0) is 11.4 Å². The molecule has 1 aromatic heterocycles. The molecule has 1 aromatic carbocycles. The highest BCUT2D eigenvalue weighted by Gasteiger charge is 2.06. The lowest BCUT2D eigenvalue weighted by molar-refractivity contribution is 0.0572. The van der Waals surface area contributed by atoms with Crippen LogP contribution in [0, 0.1) is 0 Å². The first kappa shape index (κ1) is 15.5. The number of halogens is 1. The topological polar surface area (TPSA) is 63.2 Å². The maximum atomic E-state index is 11.8. The summed E-state index contributed by atoms with van der Waals surface area (Å²) in [6.45, 7) is 0.375. The van der Waals surface area contributed by atoms with Gasteiger partial charge in [-0.05, 0) is 17.7 Å². The van der Waals surface area contributed by atoms with Crippen molar-refractivity contribution in [2.45, 2.75) is 6.61 Å². The number of nitrogens with one attached hydrogen (secondary N) is 2. The fourth-order valence-electron chi connectivity index (χ4n) is 1.45. The lowest BCUT2D eigenvalue weighted by Gasteiger charge is -2.02. The van der Waals surface area contributed by atoms with E-state index in [1.165, 1.54) is 29.8 Å². The number of aromatic nitrogens is 1. The van der Waals surface area contributed by atoms with Crippen LogP contribution in [0.4, 0.5) is 5.13 Å². The minimum Gasteiger partial charge on any atom is -0.365 e. The van der Waals surface area contributed by atoms with Crippen LogP contribution in [0.3, 0.4) is 0 Å². The van der Waals surface area contributed by atoms with Crippen molar-refractivity contribution in [2.75, 3.05) is 12.4 Å². The van der Waals surface area contributed by atoms with Crippen LogP contribution < -0.4 is 10.8 Å². The number of hydrogen-bond acceptors (Lipinski definition) is 6. The average molecular weight is 324 g/mol. The number of nitrogens with zero attached hydrogens (tertiary/aromatic N) is 1. The van der Waals surface area contributed by atoms with E-state index < -0.39 is 0 Å². The van der Waals surface area contributed by atoms with Crippen LogP contribution in [-0.4, -0.2) is 17.8 Å². The largest absolute Gasteiger partial charge is 0.365 e. The zero-order valence-electron chi connectivity index (χ0n) is 11.3. The third kappa shape index (κ3) is 4.86. The average Bonchev–Trinajstić information content (AvgIpc) is 2.98. The number of thiazole rings is 1. The van der Waals surface area contributed by atoms with Gasteiger partial charge in [0, 0.05) is 24.3 Å². The highest BCUT2D eigenvalue weighted by Crippen LogP contribution is 2.17. The molecule has 21 heavy (non-hydrogen) atoms. The van der Waals surface area contributed by atoms with E-state index in [9.17, 15) is 4.79 Å². The van der Waals surface area contributed by atoms with Gasteiger partial charge in [-0.15, -0.1) is 0 Å². The molecule has 2 N–H and O–H groups in total. The monoisotopic (exact) mass is 323 g/mol. The molecule has 0 aliphatic heterocycles. The minimum atomic E-state index is -0.128. The summed E-state index contributed by atoms with van der Waals surface area (Å²) in [4.78, 5) is 21.6. The molecule has 0 fully saturated rings. The van der Waals surface area contributed by atoms with Crippen molar-refractivity contribution in [3.05, 3.63) is 58.2 Å². The first-order chi connectivity index (χ1) is 10.2. The molecule has 2 aromatic rings. The molecule has 0 saturated carbocycles. The number of carbonyl (C=O) groups is 1. The smallest absolute Gasteiger partial charge is 0.198 e. The summed E-state index contributed by atoms with van der Waals surface area (Å²) in [6, 6.07) is 7.33. The van der Waals surface area contributed by atoms with E-state index >= 15 is 0 Å². The van der Waals surface area contributed by atoms with Gasteiger partial charge >= 0.3 is 0 Å². The maximum absolute atomic E-state index is 11.8. The lowest BCUT2D eigenvalue weighted by atomic mass is 10.2. The Hall–Kier alpha value is -1.89. The van der Waals surface area contributed by atoms with Crippen molar-refractivity contribution in [1.82, 2.24) is 10.5 Å². The second kappa shape index (κ2) is 7.78. The van der Waals surface area contributed by atoms with Crippen LogP contribution in [0.15, 0.2) is 42.7 Å². The van der Waals surface area contributed by atoms with Crippen molar-refractivity contribution in [3.8, 4) is 0 Å². The van der Waals surface area contributed by atoms with Gasteiger partial charge in [-0.3, -0.25) is 15.1 Å². The summed E-state index contributed by atoms with van der Waals surface area (Å²) in [5, 5.41) is 4.27. The molecule has 0 amide bonds. The highest BCUT2D eigenvalue weighted by molar-refractivity contribution is 7.17. The molecule has 0 unspecified atom stereocenters. The Kier molecular flexibility index (Phi) is 5.74. The zero-order valence-corrected chi connectivity index (χ0v) is 12.9. The molecule has 110 valence electrons. The van der Waals surface area contributed by atoms with Gasteiger partial charge < -0.3 is 5.32 Å². The summed E-state index contributed by atoms with van der Waals surface area (Å²) in [7, 11) is 1.76. The number of benzene rings is 1. The Bertz CT molecular complexity index is 625. The van der Waals surface area contributed by atoms with Crippen molar-refractivity contribution in [2.24, 2.45) is 0 Å². The van der Waals surface area contributed by atoms with E-state index in [0.29, 0.717) is 21.6 Å². The Morgan fingerprint density at radius 2 is 2.19 bits per heavy atom. The van der Waals surface area contributed by atoms with Gasteiger partial charge in [-0.25, -0.2) is 4.98 Å². The minimum absolute atomic E-state index is 0.128. The Morgan fingerprint density at radius 1 is 1.43 bits per heavy atom. The van der Waals surface area contributed by atoms with Gasteiger partial charge in [0.2, 0.25) is 0 Å². The molecule has 0 aliphatic rings. The first-order valence-corrected chi connectivity index (χ1v) is 7.34. The second-order valence-electron chi connectivity index (χ2n) is 4.01. The molecule has 0 saturated heterocycles. The van der Waals surface area contributed by atoms with Gasteiger partial charge in [0.25, 0.3) is 0 Å². The SMILES string of the molecule is CNc1ncc(C(=O)C=CNOCc2ccc(Cl)cc2)s1. The van der Waals surface area contributed by atoms with Gasteiger partial charge in [0.1, 0.15) is 0 Å². The van der Waals surface area contributed by atoms with E-state index in [2.05, 4.69) is 15.8 Å². The molecule has 0 atom stereocenters. The number of rotatable bonds is 7. The molecule has 1 heterocycles. The van der Waals surface area contributed by atoms with Gasteiger partial charge in [0.05, 0.1) is 17.7 Å². The molecule has 7 heteroatoms. The first-order valence-electron chi connectivity index (χ1n) is 6.15. The quantitative estimate of drug-likeness (QED) is 0.354. The number of hydroxylamine groups is 1. The maximum Gasteiger partial charge on any atom is 0.198 e. The van der Waals surface area contributed by atoms with E-state index in [0.717, 1.165) is 5.56 Å². The van der Waals surface area contributed by atoms with Crippen molar-refractivity contribution in [3.63, 3.8) is 0 Å². The van der Waals surface area contributed by atoms with Gasteiger partial charge in [-0.2, -0.15) is 0 Å². The number of hydrogen-bond donors (Lipinski definition) is 2. The van der Waals surface area contributed by atoms with E-state index in [1.54, 1.807) is 19.2 Å². The van der Waals surface area contributed by atoms with E-state index in [1.807, 2.05) is 12.1 Å². The molecular weight excluding hydrogens is 310 g/mol. The number of carbonyl (C=O) groups excluding carboxylic acids is 1. The third-order valence-corrected chi connectivity index (χ3v) is 3.78. The van der Waals surface area contributed by atoms with Crippen LogP contribution in [0.25, 0.3) is 0 Å². The molecule has 2 rings (SSSR count). The number of anilines is 1. The lowest BCUT2D eigenvalue weighted by Crippen LogP contribution is -2.07. The normalized spacial score (nSPS) is 10.8. The van der Waals surface area contributed by atoms with Crippen LogP contribution in [0.5, 0.6) is 0 Å². The highest BCUT2D eigenvalue weighted by atomic mass is 35.5. The van der Waals surface area contributed by atoms with Crippen molar-refractivity contribution >= 4 is 33.9 Å². The Balaban J connectivity index is 1.74. The van der Waals surface area contributed by atoms with Crippen LogP contribution >= 0.6 is 22.9 Å². The standard InChI is InChI=1S/C14H14ClN3O2S/c1-16-14-17-8-13(21-14)12(19)6-7-18-20-9-10-2-4-11(15)5-3-10/h2-8,18H,9H2,1H3,(H,16,17). The predicted octanol–water partition coefficient (Wildman–Crippen LogP) is 3.26. The third-order valence-electron chi connectivity index (χ3n) is 2.50. The fourth-order valence-corrected chi connectivity index (χ4v) is 2.27. The molecule has 0 radical (unpaired) electrons. The van der Waals surface area contributed by atoms with Crippen LogP contribution in [0.1, 0.15) is 15.2 Å². The number of allylic oxidation sites excluding steroid dienone is 1. The second-order valence-corrected chi connectivity index (χ2v) is 5.48. The predicted molar refractivity (Wildman–Crippen MR) is 84.5 cm³/mol.